The fraction of sp³-hybridized carbons (Fsp3) is 0.375. The molecule has 2 N–H and O–H groups in total. The number of aryl methyl sites for hydroxylation is 3. The summed E-state index contributed by atoms with van der Waals surface area (Å²) in [5.74, 6) is 0.935. The van der Waals surface area contributed by atoms with Gasteiger partial charge in [-0.15, -0.1) is 0 Å². The lowest BCUT2D eigenvalue weighted by atomic mass is 10.1. The van der Waals surface area contributed by atoms with Crippen molar-refractivity contribution in [1.82, 2.24) is 24.4 Å². The molecule has 1 aliphatic rings. The second kappa shape index (κ2) is 7.50. The van der Waals surface area contributed by atoms with Gasteiger partial charge in [0.15, 0.2) is 5.65 Å². The second-order valence-corrected chi connectivity index (χ2v) is 8.63. The Labute approximate surface area is 180 Å². The Morgan fingerprint density at radius 1 is 1.13 bits per heavy atom. The Morgan fingerprint density at radius 3 is 2.68 bits per heavy atom. The van der Waals surface area contributed by atoms with Crippen molar-refractivity contribution in [1.29, 1.82) is 0 Å². The summed E-state index contributed by atoms with van der Waals surface area (Å²) in [6.07, 6.45) is 0.988. The molecule has 1 aromatic carbocycles. The highest BCUT2D eigenvalue weighted by Crippen LogP contribution is 2.23. The first-order valence-corrected chi connectivity index (χ1v) is 10.8. The molecule has 1 saturated heterocycles. The maximum atomic E-state index is 12.9. The van der Waals surface area contributed by atoms with Crippen LogP contribution in [0, 0.1) is 20.8 Å². The summed E-state index contributed by atoms with van der Waals surface area (Å²) in [5, 5.41) is 10.7. The highest BCUT2D eigenvalue weighted by atomic mass is 16.3. The minimum atomic E-state index is -0.292. The third-order valence-electron chi connectivity index (χ3n) is 6.22. The summed E-state index contributed by atoms with van der Waals surface area (Å²) >= 11 is 0. The number of carbonyl (C=O) groups excluding carboxylic acids is 1. The molecular formula is C24H27N5O2. The van der Waals surface area contributed by atoms with E-state index in [1.807, 2.05) is 30.9 Å². The number of piperidine rings is 1. The van der Waals surface area contributed by atoms with Crippen molar-refractivity contribution >= 4 is 28.0 Å². The maximum Gasteiger partial charge on any atom is 0.270 e. The highest BCUT2D eigenvalue weighted by Gasteiger charge is 2.23. The second-order valence-electron chi connectivity index (χ2n) is 8.63. The van der Waals surface area contributed by atoms with Crippen LogP contribution >= 0.6 is 0 Å². The molecule has 1 amide bonds. The summed E-state index contributed by atoms with van der Waals surface area (Å²) in [5.41, 5.74) is 6.66. The van der Waals surface area contributed by atoms with Crippen LogP contribution in [0.3, 0.4) is 0 Å². The highest BCUT2D eigenvalue weighted by molar-refractivity contribution is 5.98. The molecule has 160 valence electrons. The lowest BCUT2D eigenvalue weighted by molar-refractivity contribution is 0.0542. The van der Waals surface area contributed by atoms with Crippen LogP contribution in [0.15, 0.2) is 30.3 Å². The number of hydrogen-bond acceptors (Lipinski definition) is 4. The van der Waals surface area contributed by atoms with E-state index < -0.39 is 0 Å². The van der Waals surface area contributed by atoms with Crippen molar-refractivity contribution < 1.29 is 9.90 Å². The van der Waals surface area contributed by atoms with Crippen LogP contribution in [-0.2, 0) is 6.54 Å². The van der Waals surface area contributed by atoms with Crippen molar-refractivity contribution in [2.45, 2.75) is 46.3 Å². The molecule has 0 spiro atoms. The van der Waals surface area contributed by atoms with E-state index in [-0.39, 0.29) is 12.0 Å². The number of hydrogen-bond donors (Lipinski definition) is 2. The number of benzene rings is 1. The number of aromatic amines is 1. The van der Waals surface area contributed by atoms with Gasteiger partial charge < -0.3 is 19.6 Å². The molecule has 0 saturated carbocycles. The van der Waals surface area contributed by atoms with E-state index in [0.29, 0.717) is 38.2 Å². The Hall–Kier alpha value is -3.19. The summed E-state index contributed by atoms with van der Waals surface area (Å²) in [6, 6.07) is 10.2. The average Bonchev–Trinajstić information content (AvgIpc) is 3.30. The molecule has 3 aromatic heterocycles. The van der Waals surface area contributed by atoms with E-state index in [1.54, 1.807) is 0 Å². The van der Waals surface area contributed by atoms with Crippen LogP contribution in [0.25, 0.3) is 22.1 Å². The van der Waals surface area contributed by atoms with E-state index in [4.69, 9.17) is 9.97 Å². The van der Waals surface area contributed by atoms with Gasteiger partial charge in [0, 0.05) is 29.7 Å². The Balaban J connectivity index is 1.44. The van der Waals surface area contributed by atoms with E-state index in [1.165, 1.54) is 0 Å². The van der Waals surface area contributed by atoms with Crippen molar-refractivity contribution in [3.8, 4) is 0 Å². The Morgan fingerprint density at radius 2 is 1.90 bits per heavy atom. The number of imidazole rings is 1. The van der Waals surface area contributed by atoms with Gasteiger partial charge in [-0.2, -0.15) is 0 Å². The molecule has 4 heterocycles. The zero-order valence-electron chi connectivity index (χ0n) is 18.1. The number of carbonyl (C=O) groups is 1. The summed E-state index contributed by atoms with van der Waals surface area (Å²) in [6.45, 7) is 7.96. The van der Waals surface area contributed by atoms with Crippen molar-refractivity contribution in [2.24, 2.45) is 0 Å². The monoisotopic (exact) mass is 417 g/mol. The number of fused-ring (bicyclic) bond motifs is 2. The number of nitrogens with one attached hydrogen (secondary N) is 1. The SMILES string of the molecule is Cc1cc(C)c2nc(C)n(Cc3ccc4[nH]c(C(=O)N5CCC(O)CC5)cc4c3)c2n1. The number of nitrogens with zero attached hydrogens (tertiary/aromatic N) is 4. The molecule has 0 unspecified atom stereocenters. The molecule has 0 atom stereocenters. The molecule has 1 aliphatic heterocycles. The van der Waals surface area contributed by atoms with Crippen LogP contribution in [0.5, 0.6) is 0 Å². The number of pyridine rings is 1. The number of H-pyrrole nitrogens is 1. The number of likely N-dealkylation sites (tertiary alicyclic amines) is 1. The molecule has 7 heteroatoms. The number of aliphatic hydroxyl groups excluding tert-OH is 1. The first kappa shape index (κ1) is 19.8. The van der Waals surface area contributed by atoms with Gasteiger partial charge in [0.1, 0.15) is 17.0 Å². The topological polar surface area (TPSA) is 87.0 Å². The first-order valence-electron chi connectivity index (χ1n) is 10.8. The van der Waals surface area contributed by atoms with Crippen molar-refractivity contribution in [3.63, 3.8) is 0 Å². The smallest absolute Gasteiger partial charge is 0.270 e. The first-order chi connectivity index (χ1) is 14.9. The quantitative estimate of drug-likeness (QED) is 0.534. The molecular weight excluding hydrogens is 390 g/mol. The van der Waals surface area contributed by atoms with Crippen molar-refractivity contribution in [2.75, 3.05) is 13.1 Å². The van der Waals surface area contributed by atoms with E-state index in [0.717, 1.165) is 44.7 Å². The van der Waals surface area contributed by atoms with E-state index >= 15 is 0 Å². The number of rotatable bonds is 3. The summed E-state index contributed by atoms with van der Waals surface area (Å²) in [4.78, 5) is 27.4. The average molecular weight is 418 g/mol. The van der Waals surface area contributed by atoms with Crippen LogP contribution in [0.4, 0.5) is 0 Å². The van der Waals surface area contributed by atoms with Crippen LogP contribution in [-0.4, -0.2) is 54.6 Å². The molecule has 0 bridgehead atoms. The van der Waals surface area contributed by atoms with Gasteiger partial charge in [0.05, 0.1) is 12.6 Å². The predicted molar refractivity (Wildman–Crippen MR) is 120 cm³/mol. The van der Waals surface area contributed by atoms with Gasteiger partial charge in [-0.25, -0.2) is 9.97 Å². The maximum absolute atomic E-state index is 12.9. The number of amides is 1. The fourth-order valence-electron chi connectivity index (χ4n) is 4.52. The Bertz CT molecular complexity index is 1290. The largest absolute Gasteiger partial charge is 0.393 e. The molecule has 0 aliphatic carbocycles. The minimum absolute atomic E-state index is 0.00347. The van der Waals surface area contributed by atoms with Gasteiger partial charge >= 0.3 is 0 Å². The van der Waals surface area contributed by atoms with Gasteiger partial charge in [-0.05, 0) is 69.0 Å². The fourth-order valence-corrected chi connectivity index (χ4v) is 4.52. The molecule has 0 radical (unpaired) electrons. The minimum Gasteiger partial charge on any atom is -0.393 e. The standard InChI is InChI=1S/C24H27N5O2/c1-14-10-15(2)25-23-22(14)26-16(3)29(23)13-17-4-5-20-18(11-17)12-21(27-20)24(31)28-8-6-19(30)7-9-28/h4-5,10-12,19,27,30H,6-9,13H2,1-3H3. The zero-order chi connectivity index (χ0) is 21.7. The Kier molecular flexibility index (Phi) is 4.78. The molecule has 31 heavy (non-hydrogen) atoms. The van der Waals surface area contributed by atoms with E-state index in [2.05, 4.69) is 34.7 Å². The molecule has 7 nitrogen and oxygen atoms in total. The molecule has 1 fully saturated rings. The number of aromatic nitrogens is 4. The lowest BCUT2D eigenvalue weighted by Gasteiger charge is -2.29. The number of aliphatic hydroxyl groups is 1. The van der Waals surface area contributed by atoms with Crippen molar-refractivity contribution in [3.05, 3.63) is 58.7 Å². The van der Waals surface area contributed by atoms with Gasteiger partial charge in [-0.3, -0.25) is 4.79 Å². The van der Waals surface area contributed by atoms with Gasteiger partial charge in [-0.1, -0.05) is 6.07 Å². The van der Waals surface area contributed by atoms with E-state index in [9.17, 15) is 9.90 Å². The van der Waals surface area contributed by atoms with Crippen LogP contribution in [0.1, 0.15) is 46.0 Å². The van der Waals surface area contributed by atoms with Crippen LogP contribution in [0.2, 0.25) is 0 Å². The summed E-state index contributed by atoms with van der Waals surface area (Å²) in [7, 11) is 0. The zero-order valence-corrected chi connectivity index (χ0v) is 18.1. The molecule has 4 aromatic rings. The normalized spacial score (nSPS) is 15.3. The molecule has 5 rings (SSSR count). The van der Waals surface area contributed by atoms with Gasteiger partial charge in [0.25, 0.3) is 5.91 Å². The predicted octanol–water partition coefficient (Wildman–Crippen LogP) is 3.48. The lowest BCUT2D eigenvalue weighted by Crippen LogP contribution is -2.40. The summed E-state index contributed by atoms with van der Waals surface area (Å²) < 4.78 is 2.15. The van der Waals surface area contributed by atoms with Crippen LogP contribution < -0.4 is 0 Å². The third-order valence-corrected chi connectivity index (χ3v) is 6.22. The van der Waals surface area contributed by atoms with Gasteiger partial charge in [0.2, 0.25) is 0 Å². The third kappa shape index (κ3) is 3.59.